The van der Waals surface area contributed by atoms with Crippen LogP contribution in [0.5, 0.6) is 0 Å². The van der Waals surface area contributed by atoms with Crippen molar-refractivity contribution in [2.75, 3.05) is 13.2 Å². The fourth-order valence-electron chi connectivity index (χ4n) is 0.509. The monoisotopic (exact) mass is 216 g/mol. The minimum atomic E-state index is -2.42. The van der Waals surface area contributed by atoms with Crippen LogP contribution in [-0.4, -0.2) is 13.2 Å². The molecular weight excluding hydrogens is 203 g/mol. The Labute approximate surface area is 78.2 Å². The van der Waals surface area contributed by atoms with Crippen molar-refractivity contribution in [1.29, 1.82) is 0 Å². The highest BCUT2D eigenvalue weighted by Crippen LogP contribution is 2.53. The summed E-state index contributed by atoms with van der Waals surface area (Å²) in [7, 11) is 0. The van der Waals surface area contributed by atoms with Gasteiger partial charge in [-0.05, 0) is 36.4 Å². The first-order valence-corrected chi connectivity index (χ1v) is 7.25. The van der Waals surface area contributed by atoms with Crippen LogP contribution in [-0.2, 0) is 20.9 Å². The summed E-state index contributed by atoms with van der Waals surface area (Å²) >= 11 is 10.6. The molecule has 0 amide bonds. The SMILES string of the molecule is CCCCOP(=S)(Cl)OCC. The standard InChI is InChI=1S/C6H14ClO2PS/c1-3-5-6-9-10(7,11)8-4-2/h3-6H2,1-2H3. The summed E-state index contributed by atoms with van der Waals surface area (Å²) in [4.78, 5) is 0. The Morgan fingerprint density at radius 3 is 2.45 bits per heavy atom. The van der Waals surface area contributed by atoms with Crippen molar-refractivity contribution in [2.45, 2.75) is 26.7 Å². The second kappa shape index (κ2) is 6.38. The average molecular weight is 217 g/mol. The van der Waals surface area contributed by atoms with E-state index in [1.165, 1.54) is 0 Å². The highest BCUT2D eigenvalue weighted by Gasteiger charge is 2.12. The van der Waals surface area contributed by atoms with E-state index in [0.717, 1.165) is 12.8 Å². The molecule has 0 rings (SSSR count). The maximum atomic E-state index is 5.75. The van der Waals surface area contributed by atoms with E-state index in [1.54, 1.807) is 0 Å². The lowest BCUT2D eigenvalue weighted by molar-refractivity contribution is 0.264. The Bertz CT molecular complexity index is 143. The van der Waals surface area contributed by atoms with E-state index in [1.807, 2.05) is 6.92 Å². The Morgan fingerprint density at radius 2 is 2.00 bits per heavy atom. The highest BCUT2D eigenvalue weighted by atomic mass is 35.7. The molecule has 0 radical (unpaired) electrons. The maximum absolute atomic E-state index is 5.75. The van der Waals surface area contributed by atoms with Crippen molar-refractivity contribution < 1.29 is 9.05 Å². The summed E-state index contributed by atoms with van der Waals surface area (Å²) in [5.41, 5.74) is 0. The van der Waals surface area contributed by atoms with Gasteiger partial charge in [-0.2, -0.15) is 0 Å². The molecule has 1 atom stereocenters. The zero-order valence-corrected chi connectivity index (χ0v) is 9.35. The Hall–Kier alpha value is 0.860. The summed E-state index contributed by atoms with van der Waals surface area (Å²) in [6.07, 6.45) is 2.07. The van der Waals surface area contributed by atoms with E-state index < -0.39 is 5.84 Å². The number of unbranched alkanes of at least 4 members (excludes halogenated alkanes) is 1. The van der Waals surface area contributed by atoms with E-state index >= 15 is 0 Å². The minimum absolute atomic E-state index is 0.521. The molecule has 0 aromatic rings. The second-order valence-corrected chi connectivity index (χ2v) is 6.79. The van der Waals surface area contributed by atoms with Gasteiger partial charge in [0.15, 0.2) is 0 Å². The molecule has 0 aliphatic heterocycles. The van der Waals surface area contributed by atoms with Gasteiger partial charge in [0.2, 0.25) is 0 Å². The van der Waals surface area contributed by atoms with Gasteiger partial charge in [0.1, 0.15) is 0 Å². The van der Waals surface area contributed by atoms with Crippen LogP contribution < -0.4 is 0 Å². The average Bonchev–Trinajstić information content (AvgIpc) is 1.87. The first-order valence-electron chi connectivity index (χ1n) is 3.71. The third-order valence-electron chi connectivity index (χ3n) is 1.03. The number of hydrogen-bond donors (Lipinski definition) is 0. The molecule has 0 spiro atoms. The first kappa shape index (κ1) is 11.9. The Kier molecular flexibility index (Phi) is 6.88. The quantitative estimate of drug-likeness (QED) is 0.501. The van der Waals surface area contributed by atoms with Crippen molar-refractivity contribution in [3.63, 3.8) is 0 Å². The van der Waals surface area contributed by atoms with Crippen molar-refractivity contribution >= 4 is 28.9 Å². The molecule has 0 heterocycles. The normalized spacial score (nSPS) is 16.3. The van der Waals surface area contributed by atoms with E-state index in [-0.39, 0.29) is 0 Å². The molecule has 2 nitrogen and oxygen atoms in total. The third kappa shape index (κ3) is 7.23. The summed E-state index contributed by atoms with van der Waals surface area (Å²) in [5.74, 6) is -2.42. The molecule has 0 saturated heterocycles. The minimum Gasteiger partial charge on any atom is -0.318 e. The molecule has 0 N–H and O–H groups in total. The Morgan fingerprint density at radius 1 is 1.36 bits per heavy atom. The molecule has 0 aromatic heterocycles. The van der Waals surface area contributed by atoms with Crippen LogP contribution in [0.4, 0.5) is 0 Å². The molecule has 0 aromatic carbocycles. The van der Waals surface area contributed by atoms with Crippen LogP contribution in [0, 0.1) is 0 Å². The van der Waals surface area contributed by atoms with Gasteiger partial charge in [0, 0.05) is 0 Å². The maximum Gasteiger partial charge on any atom is 0.281 e. The Balaban J connectivity index is 3.47. The van der Waals surface area contributed by atoms with Crippen LogP contribution in [0.2, 0.25) is 0 Å². The summed E-state index contributed by atoms with van der Waals surface area (Å²) in [5, 5.41) is 0. The molecule has 68 valence electrons. The van der Waals surface area contributed by atoms with Crippen molar-refractivity contribution in [3.8, 4) is 0 Å². The van der Waals surface area contributed by atoms with Gasteiger partial charge in [-0.1, -0.05) is 13.3 Å². The van der Waals surface area contributed by atoms with Crippen LogP contribution in [0.25, 0.3) is 0 Å². The largest absolute Gasteiger partial charge is 0.318 e. The molecule has 5 heteroatoms. The lowest BCUT2D eigenvalue weighted by Gasteiger charge is -2.13. The second-order valence-electron chi connectivity index (χ2n) is 2.04. The highest BCUT2D eigenvalue weighted by molar-refractivity contribution is 8.22. The van der Waals surface area contributed by atoms with Gasteiger partial charge in [0.25, 0.3) is 5.84 Å². The van der Waals surface area contributed by atoms with E-state index in [2.05, 4.69) is 6.92 Å². The van der Waals surface area contributed by atoms with Crippen LogP contribution in [0.15, 0.2) is 0 Å². The summed E-state index contributed by atoms with van der Waals surface area (Å²) < 4.78 is 10.2. The summed E-state index contributed by atoms with van der Waals surface area (Å²) in [6.45, 7) is 5.07. The zero-order chi connectivity index (χ0) is 8.74. The first-order chi connectivity index (χ1) is 5.12. The predicted octanol–water partition coefficient (Wildman–Crippen LogP) is 3.30. The van der Waals surface area contributed by atoms with Crippen molar-refractivity contribution in [3.05, 3.63) is 0 Å². The molecular formula is C6H14ClO2PS. The summed E-state index contributed by atoms with van der Waals surface area (Å²) in [6, 6.07) is 0. The van der Waals surface area contributed by atoms with Gasteiger partial charge < -0.3 is 9.05 Å². The van der Waals surface area contributed by atoms with E-state index in [9.17, 15) is 0 Å². The van der Waals surface area contributed by atoms with Crippen molar-refractivity contribution in [2.24, 2.45) is 0 Å². The fourth-order valence-corrected chi connectivity index (χ4v) is 2.28. The molecule has 1 unspecified atom stereocenters. The number of halogens is 1. The molecule has 0 aliphatic carbocycles. The number of rotatable bonds is 6. The van der Waals surface area contributed by atoms with Gasteiger partial charge in [-0.25, -0.2) is 0 Å². The molecule has 11 heavy (non-hydrogen) atoms. The molecule has 0 fully saturated rings. The van der Waals surface area contributed by atoms with Gasteiger partial charge >= 0.3 is 0 Å². The number of hydrogen-bond acceptors (Lipinski definition) is 3. The van der Waals surface area contributed by atoms with E-state index in [0.29, 0.717) is 13.2 Å². The fraction of sp³-hybridized carbons (Fsp3) is 1.00. The molecule has 0 aliphatic rings. The van der Waals surface area contributed by atoms with Gasteiger partial charge in [-0.3, -0.25) is 0 Å². The third-order valence-corrected chi connectivity index (χ3v) is 3.30. The van der Waals surface area contributed by atoms with Crippen molar-refractivity contribution in [1.82, 2.24) is 0 Å². The lowest BCUT2D eigenvalue weighted by atomic mass is 10.4. The molecule has 0 bridgehead atoms. The van der Waals surface area contributed by atoms with E-state index in [4.69, 9.17) is 32.1 Å². The van der Waals surface area contributed by atoms with Gasteiger partial charge in [0.05, 0.1) is 13.2 Å². The molecule has 0 saturated carbocycles. The van der Waals surface area contributed by atoms with Crippen LogP contribution in [0.1, 0.15) is 26.7 Å². The zero-order valence-electron chi connectivity index (χ0n) is 6.88. The van der Waals surface area contributed by atoms with Crippen LogP contribution in [0.3, 0.4) is 0 Å². The predicted molar refractivity (Wildman–Crippen MR) is 52.6 cm³/mol. The smallest absolute Gasteiger partial charge is 0.281 e. The van der Waals surface area contributed by atoms with Gasteiger partial charge in [-0.15, -0.1) is 0 Å². The van der Waals surface area contributed by atoms with Crippen LogP contribution >= 0.6 is 17.1 Å². The topological polar surface area (TPSA) is 18.5 Å². The lowest BCUT2D eigenvalue weighted by Crippen LogP contribution is -1.92.